The number of tetrazole rings is 1. The first kappa shape index (κ1) is 19.5. The number of non-ortho nitro benzene ring substituents is 1. The second kappa shape index (κ2) is 8.63. The maximum atomic E-state index is 11.8. The molecule has 2 aromatic rings. The molecule has 28 heavy (non-hydrogen) atoms. The van der Waals surface area contributed by atoms with Gasteiger partial charge in [0, 0.05) is 19.2 Å². The van der Waals surface area contributed by atoms with Gasteiger partial charge in [0.15, 0.2) is 5.82 Å². The summed E-state index contributed by atoms with van der Waals surface area (Å²) in [6.07, 6.45) is 1.10. The number of nitro groups is 1. The van der Waals surface area contributed by atoms with Gasteiger partial charge in [-0.25, -0.2) is 9.48 Å². The third-order valence-corrected chi connectivity index (χ3v) is 4.64. The zero-order valence-electron chi connectivity index (χ0n) is 15.8. The summed E-state index contributed by atoms with van der Waals surface area (Å²) in [5.41, 5.74) is 0.749. The molecule has 0 unspecified atom stereocenters. The van der Waals surface area contributed by atoms with Crippen molar-refractivity contribution in [1.82, 2.24) is 25.1 Å². The number of benzene rings is 1. The second-order valence-corrected chi connectivity index (χ2v) is 6.45. The van der Waals surface area contributed by atoms with Gasteiger partial charge in [0.2, 0.25) is 0 Å². The fourth-order valence-corrected chi connectivity index (χ4v) is 3.10. The number of hydrogen-bond donors (Lipinski definition) is 0. The van der Waals surface area contributed by atoms with Crippen molar-refractivity contribution in [2.45, 2.75) is 39.3 Å². The van der Waals surface area contributed by atoms with E-state index in [0.29, 0.717) is 44.1 Å². The van der Waals surface area contributed by atoms with Crippen LogP contribution in [0.3, 0.4) is 0 Å². The normalized spacial score (nSPS) is 14.7. The summed E-state index contributed by atoms with van der Waals surface area (Å²) < 4.78 is 12.5. The van der Waals surface area contributed by atoms with Gasteiger partial charge in [0.05, 0.1) is 23.6 Å². The fraction of sp³-hybridized carbons (Fsp3) is 0.529. The Bertz CT molecular complexity index is 846. The first-order valence-corrected chi connectivity index (χ1v) is 9.06. The Morgan fingerprint density at radius 1 is 1.36 bits per heavy atom. The summed E-state index contributed by atoms with van der Waals surface area (Å²) in [4.78, 5) is 24.0. The lowest BCUT2D eigenvalue weighted by atomic mass is 10.1. The molecule has 1 fully saturated rings. The molecular formula is C17H22N6O5. The highest BCUT2D eigenvalue weighted by Gasteiger charge is 2.27. The van der Waals surface area contributed by atoms with Gasteiger partial charge in [-0.05, 0) is 48.7 Å². The number of carbonyl (C=O) groups excluding carboxylic acids is 1. The lowest BCUT2D eigenvalue weighted by Crippen LogP contribution is -2.39. The van der Waals surface area contributed by atoms with E-state index in [-0.39, 0.29) is 24.4 Å². The van der Waals surface area contributed by atoms with Crippen molar-refractivity contribution in [2.24, 2.45) is 0 Å². The van der Waals surface area contributed by atoms with Crippen molar-refractivity contribution < 1.29 is 19.2 Å². The SMILES string of the molecule is CCOC(=O)N1CCC(n2nnnc2COc2cc([N+](=O)[O-])ccc2C)CC1. The van der Waals surface area contributed by atoms with Gasteiger partial charge in [-0.2, -0.15) is 0 Å². The highest BCUT2D eigenvalue weighted by Crippen LogP contribution is 2.26. The zero-order chi connectivity index (χ0) is 20.1. The molecule has 0 aliphatic carbocycles. The Hall–Kier alpha value is -3.24. The summed E-state index contributed by atoms with van der Waals surface area (Å²) in [6.45, 7) is 5.16. The molecule has 0 radical (unpaired) electrons. The Balaban J connectivity index is 1.63. The van der Waals surface area contributed by atoms with E-state index >= 15 is 0 Å². The molecule has 0 atom stereocenters. The average Bonchev–Trinajstić information content (AvgIpc) is 3.16. The number of likely N-dealkylation sites (tertiary alicyclic amines) is 1. The zero-order valence-corrected chi connectivity index (χ0v) is 15.8. The number of piperidine rings is 1. The first-order chi connectivity index (χ1) is 13.5. The number of ether oxygens (including phenoxy) is 2. The van der Waals surface area contributed by atoms with Crippen LogP contribution < -0.4 is 4.74 Å². The predicted molar refractivity (Wildman–Crippen MR) is 96.8 cm³/mol. The van der Waals surface area contributed by atoms with Crippen LogP contribution in [0, 0.1) is 17.0 Å². The van der Waals surface area contributed by atoms with E-state index in [2.05, 4.69) is 15.5 Å². The Kier molecular flexibility index (Phi) is 6.02. The molecule has 0 saturated carbocycles. The summed E-state index contributed by atoms with van der Waals surface area (Å²) in [5, 5.41) is 22.8. The summed E-state index contributed by atoms with van der Waals surface area (Å²) >= 11 is 0. The van der Waals surface area contributed by atoms with Gasteiger partial charge in [0.25, 0.3) is 5.69 Å². The van der Waals surface area contributed by atoms with E-state index in [1.807, 2.05) is 6.92 Å². The van der Waals surface area contributed by atoms with Gasteiger partial charge in [-0.15, -0.1) is 5.10 Å². The van der Waals surface area contributed by atoms with Gasteiger partial charge < -0.3 is 14.4 Å². The highest BCUT2D eigenvalue weighted by atomic mass is 16.6. The molecule has 11 nitrogen and oxygen atoms in total. The third kappa shape index (κ3) is 4.35. The Labute approximate surface area is 161 Å². The molecular weight excluding hydrogens is 368 g/mol. The van der Waals surface area contributed by atoms with Crippen molar-refractivity contribution in [3.63, 3.8) is 0 Å². The van der Waals surface area contributed by atoms with Crippen LogP contribution in [0.1, 0.15) is 37.2 Å². The van der Waals surface area contributed by atoms with E-state index in [1.165, 1.54) is 12.1 Å². The molecule has 0 spiro atoms. The van der Waals surface area contributed by atoms with Crippen molar-refractivity contribution in [1.29, 1.82) is 0 Å². The summed E-state index contributed by atoms with van der Waals surface area (Å²) in [7, 11) is 0. The van der Waals surface area contributed by atoms with Crippen LogP contribution in [0.4, 0.5) is 10.5 Å². The van der Waals surface area contributed by atoms with Gasteiger partial charge in [-0.3, -0.25) is 10.1 Å². The first-order valence-electron chi connectivity index (χ1n) is 9.06. The minimum Gasteiger partial charge on any atom is -0.485 e. The van der Waals surface area contributed by atoms with Crippen LogP contribution in [0.15, 0.2) is 18.2 Å². The van der Waals surface area contributed by atoms with Crippen LogP contribution in [0.2, 0.25) is 0 Å². The second-order valence-electron chi connectivity index (χ2n) is 6.45. The van der Waals surface area contributed by atoms with Crippen molar-refractivity contribution in [3.05, 3.63) is 39.7 Å². The summed E-state index contributed by atoms with van der Waals surface area (Å²) in [6, 6.07) is 4.51. The van der Waals surface area contributed by atoms with Crippen LogP contribution >= 0.6 is 0 Å². The maximum absolute atomic E-state index is 11.8. The molecule has 1 aromatic heterocycles. The molecule has 0 N–H and O–H groups in total. The minimum absolute atomic E-state index is 0.0356. The van der Waals surface area contributed by atoms with Crippen LogP contribution in [0.25, 0.3) is 0 Å². The molecule has 0 bridgehead atoms. The number of amides is 1. The third-order valence-electron chi connectivity index (χ3n) is 4.64. The number of carbonyl (C=O) groups is 1. The van der Waals surface area contributed by atoms with Crippen LogP contribution in [-0.4, -0.2) is 55.8 Å². The number of nitrogens with zero attached hydrogens (tertiary/aromatic N) is 6. The van der Waals surface area contributed by atoms with Crippen molar-refractivity contribution in [3.8, 4) is 5.75 Å². The van der Waals surface area contributed by atoms with Crippen molar-refractivity contribution in [2.75, 3.05) is 19.7 Å². The molecule has 11 heteroatoms. The lowest BCUT2D eigenvalue weighted by molar-refractivity contribution is -0.385. The van der Waals surface area contributed by atoms with E-state index in [4.69, 9.17) is 9.47 Å². The van der Waals surface area contributed by atoms with E-state index in [9.17, 15) is 14.9 Å². The number of nitro benzene ring substituents is 1. The molecule has 1 saturated heterocycles. The molecule has 1 aliphatic heterocycles. The topological polar surface area (TPSA) is 126 Å². The monoisotopic (exact) mass is 390 g/mol. The lowest BCUT2D eigenvalue weighted by Gasteiger charge is -2.31. The van der Waals surface area contributed by atoms with E-state index < -0.39 is 4.92 Å². The standard InChI is InChI=1S/C17H22N6O5/c1-3-27-17(24)21-8-6-13(7-9-21)22-16(18-19-20-22)11-28-15-10-14(23(25)26)5-4-12(15)2/h4-5,10,13H,3,6-9,11H2,1-2H3. The number of aromatic nitrogens is 4. The van der Waals surface area contributed by atoms with Crippen molar-refractivity contribution >= 4 is 11.8 Å². The summed E-state index contributed by atoms with van der Waals surface area (Å²) in [5.74, 6) is 0.946. The van der Waals surface area contributed by atoms with Gasteiger partial charge in [0.1, 0.15) is 12.4 Å². The maximum Gasteiger partial charge on any atom is 0.409 e. The van der Waals surface area contributed by atoms with E-state index in [1.54, 1.807) is 22.6 Å². The van der Waals surface area contributed by atoms with E-state index in [0.717, 1.165) is 5.56 Å². The fourth-order valence-electron chi connectivity index (χ4n) is 3.10. The Morgan fingerprint density at radius 3 is 2.79 bits per heavy atom. The van der Waals surface area contributed by atoms with Crippen LogP contribution in [0.5, 0.6) is 5.75 Å². The van der Waals surface area contributed by atoms with Gasteiger partial charge >= 0.3 is 6.09 Å². The highest BCUT2D eigenvalue weighted by molar-refractivity contribution is 5.67. The van der Waals surface area contributed by atoms with Gasteiger partial charge in [-0.1, -0.05) is 0 Å². The molecule has 150 valence electrons. The quantitative estimate of drug-likeness (QED) is 0.543. The molecule has 1 aliphatic rings. The predicted octanol–water partition coefficient (Wildman–Crippen LogP) is 2.26. The minimum atomic E-state index is -0.465. The number of aryl methyl sites for hydroxylation is 1. The smallest absolute Gasteiger partial charge is 0.409 e. The number of hydrogen-bond acceptors (Lipinski definition) is 8. The molecule has 2 heterocycles. The average molecular weight is 390 g/mol. The Morgan fingerprint density at radius 2 is 2.11 bits per heavy atom. The molecule has 3 rings (SSSR count). The molecule has 1 aromatic carbocycles. The largest absolute Gasteiger partial charge is 0.485 e. The van der Waals surface area contributed by atoms with Crippen LogP contribution in [-0.2, 0) is 11.3 Å². The molecule has 1 amide bonds. The number of rotatable bonds is 6.